The van der Waals surface area contributed by atoms with E-state index in [-0.39, 0.29) is 6.42 Å². The minimum Gasteiger partial charge on any atom is -0.493 e. The smallest absolute Gasteiger partial charge is 0.303 e. The van der Waals surface area contributed by atoms with Gasteiger partial charge >= 0.3 is 5.97 Å². The van der Waals surface area contributed by atoms with Crippen LogP contribution in [0, 0.1) is 0 Å². The first-order valence-corrected chi connectivity index (χ1v) is 7.27. The maximum absolute atomic E-state index is 10.5. The molecule has 0 aliphatic rings. The molecule has 2 aromatic carbocycles. The molecule has 4 nitrogen and oxygen atoms in total. The van der Waals surface area contributed by atoms with Crippen LogP contribution in [0.4, 0.5) is 0 Å². The number of carbonyl (C=O) groups is 1. The number of rotatable bonds is 8. The van der Waals surface area contributed by atoms with E-state index in [1.54, 1.807) is 0 Å². The number of nitrogens with two attached hydrogens (primary N) is 1. The van der Waals surface area contributed by atoms with Crippen LogP contribution in [0.5, 0.6) is 5.75 Å². The number of aliphatic carboxylic acids is 1. The number of hydrogen-bond donors (Lipinski definition) is 2. The zero-order valence-electron chi connectivity index (χ0n) is 12.0. The third-order valence-corrected chi connectivity index (χ3v) is 3.42. The van der Waals surface area contributed by atoms with Crippen molar-refractivity contribution in [1.29, 1.82) is 0 Å². The number of carboxylic acid groups (broad SMARTS) is 1. The lowest BCUT2D eigenvalue weighted by Crippen LogP contribution is -2.03. The first-order valence-electron chi connectivity index (χ1n) is 7.27. The molecule has 112 valence electrons. The van der Waals surface area contributed by atoms with Crippen LogP contribution in [0.15, 0.2) is 36.4 Å². The van der Waals surface area contributed by atoms with Crippen LogP contribution < -0.4 is 10.5 Å². The van der Waals surface area contributed by atoms with E-state index in [1.807, 2.05) is 24.3 Å². The van der Waals surface area contributed by atoms with Gasteiger partial charge in [0.25, 0.3) is 0 Å². The normalized spacial score (nSPS) is 10.7. The molecule has 0 atom stereocenters. The Balaban J connectivity index is 2.15. The Morgan fingerprint density at radius 2 is 1.86 bits per heavy atom. The number of aryl methyl sites for hydroxylation is 1. The quantitative estimate of drug-likeness (QED) is 0.732. The van der Waals surface area contributed by atoms with E-state index in [4.69, 9.17) is 15.6 Å². The maximum Gasteiger partial charge on any atom is 0.303 e. The fourth-order valence-electron chi connectivity index (χ4n) is 2.39. The van der Waals surface area contributed by atoms with Crippen molar-refractivity contribution in [2.24, 2.45) is 5.73 Å². The molecule has 4 heteroatoms. The summed E-state index contributed by atoms with van der Waals surface area (Å²) in [5.41, 5.74) is 6.86. The van der Waals surface area contributed by atoms with E-state index in [0.29, 0.717) is 19.6 Å². The van der Waals surface area contributed by atoms with Crippen LogP contribution in [-0.2, 0) is 11.2 Å². The van der Waals surface area contributed by atoms with Gasteiger partial charge in [-0.05, 0) is 42.8 Å². The minimum atomic E-state index is -0.791. The number of ether oxygens (including phenoxy) is 1. The standard InChI is InChI=1S/C17H21NO3/c18-11-3-6-13-5-1-8-15-14(13)7-2-9-16(15)21-12-4-10-17(19)20/h1-2,5,7-9H,3-4,6,10-12,18H2,(H,19,20). The summed E-state index contributed by atoms with van der Waals surface area (Å²) in [5.74, 6) is 0.0214. The molecular formula is C17H21NO3. The summed E-state index contributed by atoms with van der Waals surface area (Å²) >= 11 is 0. The minimum absolute atomic E-state index is 0.131. The van der Waals surface area contributed by atoms with Crippen molar-refractivity contribution in [3.05, 3.63) is 42.0 Å². The fourth-order valence-corrected chi connectivity index (χ4v) is 2.39. The van der Waals surface area contributed by atoms with E-state index >= 15 is 0 Å². The topological polar surface area (TPSA) is 72.5 Å². The lowest BCUT2D eigenvalue weighted by Gasteiger charge is -2.11. The Hall–Kier alpha value is -2.07. The predicted octanol–water partition coefficient (Wildman–Crippen LogP) is 2.97. The summed E-state index contributed by atoms with van der Waals surface area (Å²) in [6.45, 7) is 1.10. The molecule has 0 aromatic heterocycles. The summed E-state index contributed by atoms with van der Waals surface area (Å²) < 4.78 is 5.74. The Labute approximate surface area is 124 Å². The highest BCUT2D eigenvalue weighted by Gasteiger charge is 2.06. The van der Waals surface area contributed by atoms with E-state index in [2.05, 4.69) is 12.1 Å². The van der Waals surface area contributed by atoms with Crippen LogP contribution in [0.1, 0.15) is 24.8 Å². The third kappa shape index (κ3) is 4.20. The molecule has 3 N–H and O–H groups in total. The SMILES string of the molecule is NCCCc1cccc2c(OCCCC(=O)O)cccc12. The maximum atomic E-state index is 10.5. The molecule has 0 amide bonds. The summed E-state index contributed by atoms with van der Waals surface area (Å²) in [4.78, 5) is 10.5. The molecule has 0 fully saturated rings. The number of hydrogen-bond acceptors (Lipinski definition) is 3. The Morgan fingerprint density at radius 1 is 1.10 bits per heavy atom. The zero-order chi connectivity index (χ0) is 15.1. The lowest BCUT2D eigenvalue weighted by molar-refractivity contribution is -0.137. The lowest BCUT2D eigenvalue weighted by atomic mass is 10.0. The van der Waals surface area contributed by atoms with Crippen molar-refractivity contribution in [1.82, 2.24) is 0 Å². The molecule has 0 unspecified atom stereocenters. The number of benzene rings is 2. The van der Waals surface area contributed by atoms with E-state index in [1.165, 1.54) is 10.9 Å². The average molecular weight is 287 g/mol. The van der Waals surface area contributed by atoms with Crippen molar-refractivity contribution in [3.8, 4) is 5.75 Å². The van der Waals surface area contributed by atoms with Crippen LogP contribution in [0.3, 0.4) is 0 Å². The van der Waals surface area contributed by atoms with Gasteiger partial charge < -0.3 is 15.6 Å². The van der Waals surface area contributed by atoms with Gasteiger partial charge in [0.15, 0.2) is 0 Å². The summed E-state index contributed by atoms with van der Waals surface area (Å²) in [7, 11) is 0. The molecule has 2 rings (SSSR count). The van der Waals surface area contributed by atoms with E-state index < -0.39 is 5.97 Å². The highest BCUT2D eigenvalue weighted by Crippen LogP contribution is 2.28. The van der Waals surface area contributed by atoms with Gasteiger partial charge in [-0.3, -0.25) is 4.79 Å². The van der Waals surface area contributed by atoms with Crippen molar-refractivity contribution in [3.63, 3.8) is 0 Å². The van der Waals surface area contributed by atoms with E-state index in [9.17, 15) is 4.79 Å². The molecule has 0 bridgehead atoms. The fraction of sp³-hybridized carbons (Fsp3) is 0.353. The van der Waals surface area contributed by atoms with Crippen molar-refractivity contribution in [2.45, 2.75) is 25.7 Å². The Morgan fingerprint density at radius 3 is 2.62 bits per heavy atom. The van der Waals surface area contributed by atoms with Gasteiger partial charge in [-0.2, -0.15) is 0 Å². The summed E-state index contributed by atoms with van der Waals surface area (Å²) in [6, 6.07) is 12.2. The molecule has 0 aliphatic heterocycles. The van der Waals surface area contributed by atoms with Crippen LogP contribution in [0.2, 0.25) is 0 Å². The summed E-state index contributed by atoms with van der Waals surface area (Å²) in [6.07, 6.45) is 2.56. The van der Waals surface area contributed by atoms with Gasteiger partial charge in [0, 0.05) is 11.8 Å². The first kappa shape index (κ1) is 15.3. The zero-order valence-corrected chi connectivity index (χ0v) is 12.0. The van der Waals surface area contributed by atoms with Crippen molar-refractivity contribution >= 4 is 16.7 Å². The molecule has 0 heterocycles. The molecule has 0 spiro atoms. The van der Waals surface area contributed by atoms with Crippen LogP contribution in [-0.4, -0.2) is 24.2 Å². The molecule has 0 saturated heterocycles. The highest BCUT2D eigenvalue weighted by atomic mass is 16.5. The van der Waals surface area contributed by atoms with Gasteiger partial charge in [0.1, 0.15) is 5.75 Å². The summed E-state index contributed by atoms with van der Waals surface area (Å²) in [5, 5.41) is 10.9. The van der Waals surface area contributed by atoms with Gasteiger partial charge in [-0.15, -0.1) is 0 Å². The van der Waals surface area contributed by atoms with Crippen molar-refractivity contribution < 1.29 is 14.6 Å². The van der Waals surface area contributed by atoms with Crippen LogP contribution >= 0.6 is 0 Å². The Bertz CT molecular complexity index is 610. The first-order chi connectivity index (χ1) is 10.2. The highest BCUT2D eigenvalue weighted by molar-refractivity contribution is 5.91. The molecule has 0 aliphatic carbocycles. The second kappa shape index (κ2) is 7.64. The molecular weight excluding hydrogens is 266 g/mol. The van der Waals surface area contributed by atoms with Gasteiger partial charge in [-0.25, -0.2) is 0 Å². The average Bonchev–Trinajstić information content (AvgIpc) is 2.49. The largest absolute Gasteiger partial charge is 0.493 e. The van der Waals surface area contributed by atoms with Gasteiger partial charge in [0.05, 0.1) is 6.61 Å². The van der Waals surface area contributed by atoms with Gasteiger partial charge in [0.2, 0.25) is 0 Å². The Kier molecular flexibility index (Phi) is 5.58. The second-order valence-electron chi connectivity index (χ2n) is 5.01. The predicted molar refractivity (Wildman–Crippen MR) is 83.7 cm³/mol. The monoisotopic (exact) mass is 287 g/mol. The van der Waals surface area contributed by atoms with Gasteiger partial charge in [-0.1, -0.05) is 30.3 Å². The second-order valence-corrected chi connectivity index (χ2v) is 5.01. The van der Waals surface area contributed by atoms with Crippen molar-refractivity contribution in [2.75, 3.05) is 13.2 Å². The molecule has 2 aromatic rings. The van der Waals surface area contributed by atoms with E-state index in [0.717, 1.165) is 24.0 Å². The molecule has 0 radical (unpaired) electrons. The van der Waals surface area contributed by atoms with Crippen LogP contribution in [0.25, 0.3) is 10.8 Å². The third-order valence-electron chi connectivity index (χ3n) is 3.42. The number of fused-ring (bicyclic) bond motifs is 1. The molecule has 0 saturated carbocycles. The molecule has 21 heavy (non-hydrogen) atoms. The number of carboxylic acids is 1.